The molecule has 1 aliphatic rings. The van der Waals surface area contributed by atoms with E-state index in [2.05, 4.69) is 15.2 Å². The van der Waals surface area contributed by atoms with Gasteiger partial charge >= 0.3 is 0 Å². The lowest BCUT2D eigenvalue weighted by atomic mass is 9.97. The van der Waals surface area contributed by atoms with Crippen LogP contribution in [0.5, 0.6) is 0 Å². The second kappa shape index (κ2) is 5.90. The van der Waals surface area contributed by atoms with Gasteiger partial charge in [-0.2, -0.15) is 10.1 Å². The smallest absolute Gasteiger partial charge is 0.274 e. The molecular weight excluding hydrogens is 282 g/mol. The highest BCUT2D eigenvalue weighted by molar-refractivity contribution is 5.92. The normalized spacial score (nSPS) is 18.9. The molecule has 3 rings (SSSR count). The van der Waals surface area contributed by atoms with E-state index >= 15 is 0 Å². The van der Waals surface area contributed by atoms with Crippen LogP contribution in [0.1, 0.15) is 60.7 Å². The first-order valence-electron chi connectivity index (χ1n) is 7.67. The molecule has 0 saturated carbocycles. The van der Waals surface area contributed by atoms with E-state index in [-0.39, 0.29) is 17.7 Å². The minimum atomic E-state index is -0.0334. The van der Waals surface area contributed by atoms with Gasteiger partial charge in [0.25, 0.3) is 5.91 Å². The lowest BCUT2D eigenvalue weighted by Gasteiger charge is -2.30. The average molecular weight is 303 g/mol. The van der Waals surface area contributed by atoms with Crippen molar-refractivity contribution in [2.24, 2.45) is 7.05 Å². The predicted octanol–water partition coefficient (Wildman–Crippen LogP) is 1.95. The van der Waals surface area contributed by atoms with Gasteiger partial charge < -0.3 is 9.42 Å². The fourth-order valence-corrected chi connectivity index (χ4v) is 2.70. The molecule has 0 unspecified atom stereocenters. The third-order valence-electron chi connectivity index (χ3n) is 3.96. The van der Waals surface area contributed by atoms with Crippen LogP contribution >= 0.6 is 0 Å². The van der Waals surface area contributed by atoms with Crippen LogP contribution in [-0.2, 0) is 7.05 Å². The third-order valence-corrected chi connectivity index (χ3v) is 3.96. The van der Waals surface area contributed by atoms with Gasteiger partial charge in [0.15, 0.2) is 5.82 Å². The minimum Gasteiger partial charge on any atom is -0.339 e. The van der Waals surface area contributed by atoms with Gasteiger partial charge in [0.2, 0.25) is 5.89 Å². The lowest BCUT2D eigenvalue weighted by Crippen LogP contribution is -2.39. The molecule has 1 aliphatic heterocycles. The molecule has 1 atom stereocenters. The van der Waals surface area contributed by atoms with Gasteiger partial charge in [0.1, 0.15) is 5.69 Å². The van der Waals surface area contributed by atoms with Crippen molar-refractivity contribution in [3.8, 4) is 0 Å². The Labute approximate surface area is 129 Å². The van der Waals surface area contributed by atoms with Crippen LogP contribution in [0.3, 0.4) is 0 Å². The fourth-order valence-electron chi connectivity index (χ4n) is 2.70. The standard InChI is InChI=1S/C15H21N5O2/c1-10(2)13-16-14(22-18-13)11-5-4-7-20(9-11)15(21)12-6-8-19(3)17-12/h6,8,10-11H,4-5,7,9H2,1-3H3/t11-/m1/s1. The van der Waals surface area contributed by atoms with Crippen LogP contribution in [0.15, 0.2) is 16.8 Å². The largest absolute Gasteiger partial charge is 0.339 e. The Morgan fingerprint density at radius 2 is 2.27 bits per heavy atom. The van der Waals surface area contributed by atoms with Gasteiger partial charge in [-0.1, -0.05) is 19.0 Å². The Hall–Kier alpha value is -2.18. The molecule has 7 heteroatoms. The van der Waals surface area contributed by atoms with Crippen molar-refractivity contribution in [2.75, 3.05) is 13.1 Å². The first kappa shape index (κ1) is 14.7. The van der Waals surface area contributed by atoms with E-state index < -0.39 is 0 Å². The summed E-state index contributed by atoms with van der Waals surface area (Å²) in [6, 6.07) is 1.75. The summed E-state index contributed by atoms with van der Waals surface area (Å²) in [5.74, 6) is 1.69. The number of rotatable bonds is 3. The number of aryl methyl sites for hydroxylation is 1. The highest BCUT2D eigenvalue weighted by Crippen LogP contribution is 2.27. The molecule has 2 aromatic rings. The fraction of sp³-hybridized carbons (Fsp3) is 0.600. The summed E-state index contributed by atoms with van der Waals surface area (Å²) in [7, 11) is 1.81. The van der Waals surface area contributed by atoms with Crippen LogP contribution in [0.2, 0.25) is 0 Å². The molecule has 0 aliphatic carbocycles. The molecule has 118 valence electrons. The van der Waals surface area contributed by atoms with Crippen molar-refractivity contribution >= 4 is 5.91 Å². The Balaban J connectivity index is 1.72. The van der Waals surface area contributed by atoms with Crippen molar-refractivity contribution < 1.29 is 9.32 Å². The van der Waals surface area contributed by atoms with Gasteiger partial charge in [0.05, 0.1) is 5.92 Å². The van der Waals surface area contributed by atoms with Gasteiger partial charge in [-0.3, -0.25) is 9.48 Å². The molecule has 1 amide bonds. The zero-order chi connectivity index (χ0) is 15.7. The third kappa shape index (κ3) is 2.88. The molecule has 0 aromatic carbocycles. The van der Waals surface area contributed by atoms with E-state index in [1.807, 2.05) is 25.8 Å². The maximum atomic E-state index is 12.5. The van der Waals surface area contributed by atoms with E-state index in [4.69, 9.17) is 4.52 Å². The van der Waals surface area contributed by atoms with Gasteiger partial charge in [-0.15, -0.1) is 0 Å². The zero-order valence-electron chi connectivity index (χ0n) is 13.2. The van der Waals surface area contributed by atoms with Crippen molar-refractivity contribution in [3.05, 3.63) is 29.7 Å². The maximum absolute atomic E-state index is 12.5. The van der Waals surface area contributed by atoms with E-state index in [9.17, 15) is 4.79 Å². The van der Waals surface area contributed by atoms with E-state index in [0.717, 1.165) is 25.2 Å². The predicted molar refractivity (Wildman–Crippen MR) is 79.5 cm³/mol. The molecule has 0 spiro atoms. The van der Waals surface area contributed by atoms with Gasteiger partial charge in [-0.25, -0.2) is 0 Å². The Bertz CT molecular complexity index is 660. The molecule has 3 heterocycles. The number of hydrogen-bond acceptors (Lipinski definition) is 5. The van der Waals surface area contributed by atoms with Crippen molar-refractivity contribution in [3.63, 3.8) is 0 Å². The summed E-state index contributed by atoms with van der Waals surface area (Å²) in [6.45, 7) is 5.42. The monoisotopic (exact) mass is 303 g/mol. The molecular formula is C15H21N5O2. The topological polar surface area (TPSA) is 77.0 Å². The quantitative estimate of drug-likeness (QED) is 0.866. The van der Waals surface area contributed by atoms with Crippen LogP contribution in [-0.4, -0.2) is 43.8 Å². The zero-order valence-corrected chi connectivity index (χ0v) is 13.2. The first-order chi connectivity index (χ1) is 10.5. The molecule has 7 nitrogen and oxygen atoms in total. The number of hydrogen-bond donors (Lipinski definition) is 0. The average Bonchev–Trinajstić information content (AvgIpc) is 3.15. The van der Waals surface area contributed by atoms with Crippen LogP contribution in [0, 0.1) is 0 Å². The minimum absolute atomic E-state index is 0.0334. The van der Waals surface area contributed by atoms with E-state index in [0.29, 0.717) is 18.1 Å². The van der Waals surface area contributed by atoms with E-state index in [1.54, 1.807) is 16.9 Å². The number of aromatic nitrogens is 4. The summed E-state index contributed by atoms with van der Waals surface area (Å²) in [5, 5.41) is 8.20. The van der Waals surface area contributed by atoms with Gasteiger partial charge in [0, 0.05) is 32.3 Å². The van der Waals surface area contributed by atoms with Crippen LogP contribution in [0.4, 0.5) is 0 Å². The Morgan fingerprint density at radius 3 is 2.91 bits per heavy atom. The highest BCUT2D eigenvalue weighted by Gasteiger charge is 2.30. The SMILES string of the molecule is CC(C)c1noc([C@@H]2CCCN(C(=O)c3ccn(C)n3)C2)n1. The summed E-state index contributed by atoms with van der Waals surface area (Å²) in [6.07, 6.45) is 3.68. The summed E-state index contributed by atoms with van der Waals surface area (Å²) in [4.78, 5) is 18.8. The maximum Gasteiger partial charge on any atom is 0.274 e. The molecule has 0 N–H and O–H groups in total. The molecule has 2 aromatic heterocycles. The molecule has 1 fully saturated rings. The second-order valence-electron chi connectivity index (χ2n) is 6.11. The van der Waals surface area contributed by atoms with Crippen LogP contribution < -0.4 is 0 Å². The molecule has 1 saturated heterocycles. The summed E-state index contributed by atoms with van der Waals surface area (Å²) in [5.41, 5.74) is 0.483. The highest BCUT2D eigenvalue weighted by atomic mass is 16.5. The van der Waals surface area contributed by atoms with Crippen molar-refractivity contribution in [1.29, 1.82) is 0 Å². The molecule has 22 heavy (non-hydrogen) atoms. The molecule has 0 radical (unpaired) electrons. The Morgan fingerprint density at radius 1 is 1.45 bits per heavy atom. The van der Waals surface area contributed by atoms with Crippen LogP contribution in [0.25, 0.3) is 0 Å². The number of likely N-dealkylation sites (tertiary alicyclic amines) is 1. The second-order valence-corrected chi connectivity index (χ2v) is 6.11. The summed E-state index contributed by atoms with van der Waals surface area (Å²) >= 11 is 0. The Kier molecular flexibility index (Phi) is 3.96. The van der Waals surface area contributed by atoms with Gasteiger partial charge in [-0.05, 0) is 18.9 Å². The van der Waals surface area contributed by atoms with E-state index in [1.165, 1.54) is 0 Å². The number of carbonyl (C=O) groups excluding carboxylic acids is 1. The lowest BCUT2D eigenvalue weighted by molar-refractivity contribution is 0.0689. The summed E-state index contributed by atoms with van der Waals surface area (Å²) < 4.78 is 7.02. The number of carbonyl (C=O) groups is 1. The number of amides is 1. The molecule has 0 bridgehead atoms. The first-order valence-corrected chi connectivity index (χ1v) is 7.67. The van der Waals surface area contributed by atoms with Crippen molar-refractivity contribution in [1.82, 2.24) is 24.8 Å². The number of nitrogens with zero attached hydrogens (tertiary/aromatic N) is 5. The van der Waals surface area contributed by atoms with Crippen molar-refractivity contribution in [2.45, 2.75) is 38.5 Å². The number of piperidine rings is 1.